The fourth-order valence-corrected chi connectivity index (χ4v) is 1.68. The molecule has 1 N–H and O–H groups in total. The first-order chi connectivity index (χ1) is 9.60. The van der Waals surface area contributed by atoms with Crippen LogP contribution in [-0.4, -0.2) is 27.6 Å². The summed E-state index contributed by atoms with van der Waals surface area (Å²) >= 11 is 0. The van der Waals surface area contributed by atoms with Gasteiger partial charge in [-0.05, 0) is 32.8 Å². The second kappa shape index (κ2) is 6.34. The van der Waals surface area contributed by atoms with Crippen molar-refractivity contribution in [1.29, 1.82) is 0 Å². The van der Waals surface area contributed by atoms with E-state index in [1.54, 1.807) is 20.8 Å². The number of nitrogens with zero attached hydrogens (tertiary/aromatic N) is 1. The molecule has 114 valence electrons. The molecule has 0 unspecified atom stereocenters. The smallest absolute Gasteiger partial charge is 0.321 e. The van der Waals surface area contributed by atoms with Gasteiger partial charge < -0.3 is 9.84 Å². The fourth-order valence-electron chi connectivity index (χ4n) is 1.68. The molecule has 0 radical (unpaired) electrons. The zero-order chi connectivity index (χ0) is 16.2. The number of carbonyl (C=O) groups excluding carboxylic acids is 1. The van der Waals surface area contributed by atoms with Gasteiger partial charge >= 0.3 is 11.9 Å². The van der Waals surface area contributed by atoms with Crippen molar-refractivity contribution in [3.05, 3.63) is 39.9 Å². The molecule has 0 fully saturated rings. The number of esters is 1. The maximum atomic E-state index is 11.9. The number of ether oxygens (including phenoxy) is 1. The number of hydrogen-bond donors (Lipinski definition) is 1. The van der Waals surface area contributed by atoms with Crippen molar-refractivity contribution >= 4 is 17.6 Å². The van der Waals surface area contributed by atoms with E-state index < -0.39 is 28.4 Å². The van der Waals surface area contributed by atoms with Crippen molar-refractivity contribution < 1.29 is 24.4 Å². The third-order valence-corrected chi connectivity index (χ3v) is 2.55. The molecule has 0 aromatic heterocycles. The molecule has 1 rings (SSSR count). The van der Waals surface area contributed by atoms with Gasteiger partial charge in [0.2, 0.25) is 0 Å². The number of carboxylic acid groups (broad SMARTS) is 1. The number of hydrogen-bond acceptors (Lipinski definition) is 5. The van der Waals surface area contributed by atoms with Crippen LogP contribution >= 0.6 is 0 Å². The van der Waals surface area contributed by atoms with Gasteiger partial charge in [-0.1, -0.05) is 12.1 Å². The average Bonchev–Trinajstić information content (AvgIpc) is 2.33. The highest BCUT2D eigenvalue weighted by molar-refractivity contribution is 5.94. The standard InChI is InChI=1S/C14H17NO6/c1-14(2,3)21-13(18)11(12(16)17)8-9-5-4-6-10(7-9)15(19)20/h4-7,11H,8H2,1-3H3,(H,16,17)/t11-/m0/s1. The van der Waals surface area contributed by atoms with Crippen LogP contribution in [0.25, 0.3) is 0 Å². The molecular formula is C14H17NO6. The van der Waals surface area contributed by atoms with Crippen LogP contribution < -0.4 is 0 Å². The van der Waals surface area contributed by atoms with E-state index in [2.05, 4.69) is 0 Å². The van der Waals surface area contributed by atoms with Gasteiger partial charge in [0.05, 0.1) is 4.92 Å². The first-order valence-electron chi connectivity index (χ1n) is 6.29. The molecule has 1 aromatic carbocycles. The second-order valence-electron chi connectivity index (χ2n) is 5.56. The highest BCUT2D eigenvalue weighted by atomic mass is 16.6. The Hall–Kier alpha value is -2.44. The molecular weight excluding hydrogens is 278 g/mol. The van der Waals surface area contributed by atoms with Crippen LogP contribution in [-0.2, 0) is 20.7 Å². The van der Waals surface area contributed by atoms with Crippen molar-refractivity contribution in [2.75, 3.05) is 0 Å². The molecule has 0 aliphatic carbocycles. The Morgan fingerprint density at radius 1 is 1.38 bits per heavy atom. The van der Waals surface area contributed by atoms with Crippen LogP contribution in [0.5, 0.6) is 0 Å². The minimum absolute atomic E-state index is 0.152. The molecule has 0 saturated carbocycles. The summed E-state index contributed by atoms with van der Waals surface area (Å²) in [5.74, 6) is -3.58. The maximum Gasteiger partial charge on any atom is 0.321 e. The van der Waals surface area contributed by atoms with E-state index in [9.17, 15) is 19.7 Å². The highest BCUT2D eigenvalue weighted by Crippen LogP contribution is 2.19. The molecule has 1 aromatic rings. The first-order valence-corrected chi connectivity index (χ1v) is 6.29. The average molecular weight is 295 g/mol. The quantitative estimate of drug-likeness (QED) is 0.386. The number of nitro benzene ring substituents is 1. The van der Waals surface area contributed by atoms with Gasteiger partial charge in [0.25, 0.3) is 5.69 Å². The van der Waals surface area contributed by atoms with Gasteiger partial charge in [-0.3, -0.25) is 19.7 Å². The monoisotopic (exact) mass is 295 g/mol. The molecule has 0 saturated heterocycles. The van der Waals surface area contributed by atoms with Crippen LogP contribution in [0, 0.1) is 16.0 Å². The molecule has 0 bridgehead atoms. The summed E-state index contributed by atoms with van der Waals surface area (Å²) in [7, 11) is 0. The Morgan fingerprint density at radius 3 is 2.48 bits per heavy atom. The van der Waals surface area contributed by atoms with Crippen LogP contribution in [0.1, 0.15) is 26.3 Å². The number of nitro groups is 1. The van der Waals surface area contributed by atoms with Gasteiger partial charge in [0.15, 0.2) is 5.92 Å². The summed E-state index contributed by atoms with van der Waals surface area (Å²) in [5, 5.41) is 19.8. The van der Waals surface area contributed by atoms with E-state index in [1.807, 2.05) is 0 Å². The van der Waals surface area contributed by atoms with Crippen molar-refractivity contribution in [3.8, 4) is 0 Å². The van der Waals surface area contributed by atoms with E-state index in [4.69, 9.17) is 9.84 Å². The predicted molar refractivity (Wildman–Crippen MR) is 73.8 cm³/mol. The number of carbonyl (C=O) groups is 2. The van der Waals surface area contributed by atoms with Crippen molar-refractivity contribution in [1.82, 2.24) is 0 Å². The van der Waals surface area contributed by atoms with Gasteiger partial charge in [0, 0.05) is 12.1 Å². The van der Waals surface area contributed by atoms with Crippen molar-refractivity contribution in [3.63, 3.8) is 0 Å². The van der Waals surface area contributed by atoms with Crippen molar-refractivity contribution in [2.45, 2.75) is 32.8 Å². The second-order valence-corrected chi connectivity index (χ2v) is 5.56. The summed E-state index contributed by atoms with van der Waals surface area (Å²) in [5.41, 5.74) is -0.559. The van der Waals surface area contributed by atoms with E-state index >= 15 is 0 Å². The molecule has 0 heterocycles. The molecule has 0 aliphatic rings. The molecule has 0 spiro atoms. The Balaban J connectivity index is 2.94. The first kappa shape index (κ1) is 16.6. The summed E-state index contributed by atoms with van der Waals surface area (Å²) in [4.78, 5) is 33.2. The molecule has 0 amide bonds. The molecule has 7 nitrogen and oxygen atoms in total. The Labute approximate surface area is 121 Å². The zero-order valence-corrected chi connectivity index (χ0v) is 12.0. The van der Waals surface area contributed by atoms with E-state index in [1.165, 1.54) is 24.3 Å². The van der Waals surface area contributed by atoms with E-state index in [0.29, 0.717) is 5.56 Å². The highest BCUT2D eigenvalue weighted by Gasteiger charge is 2.31. The SMILES string of the molecule is CC(C)(C)OC(=O)[C@@H](Cc1cccc([N+](=O)[O-])c1)C(=O)O. The Kier molecular flexibility index (Phi) is 5.02. The Bertz CT molecular complexity index is 561. The molecule has 7 heteroatoms. The van der Waals surface area contributed by atoms with Crippen LogP contribution in [0.3, 0.4) is 0 Å². The van der Waals surface area contributed by atoms with E-state index in [0.717, 1.165) is 0 Å². The van der Waals surface area contributed by atoms with Gasteiger partial charge in [0.1, 0.15) is 5.60 Å². The third-order valence-electron chi connectivity index (χ3n) is 2.55. The van der Waals surface area contributed by atoms with Gasteiger partial charge in [-0.15, -0.1) is 0 Å². The Morgan fingerprint density at radius 2 is 2.00 bits per heavy atom. The molecule has 21 heavy (non-hydrogen) atoms. The van der Waals surface area contributed by atoms with Gasteiger partial charge in [-0.2, -0.15) is 0 Å². The lowest BCUT2D eigenvalue weighted by Crippen LogP contribution is -2.34. The summed E-state index contributed by atoms with van der Waals surface area (Å²) in [6, 6.07) is 5.53. The van der Waals surface area contributed by atoms with Crippen LogP contribution in [0.15, 0.2) is 24.3 Å². The number of aliphatic carboxylic acids is 1. The predicted octanol–water partition coefficient (Wildman–Crippen LogP) is 2.18. The minimum Gasteiger partial charge on any atom is -0.481 e. The number of non-ortho nitro benzene ring substituents is 1. The van der Waals surface area contributed by atoms with Crippen LogP contribution in [0.4, 0.5) is 5.69 Å². The number of carboxylic acids is 1. The molecule has 1 atom stereocenters. The zero-order valence-electron chi connectivity index (χ0n) is 12.0. The molecule has 0 aliphatic heterocycles. The normalized spacial score (nSPS) is 12.5. The minimum atomic E-state index is -1.40. The fraction of sp³-hybridized carbons (Fsp3) is 0.429. The number of rotatable bonds is 5. The van der Waals surface area contributed by atoms with Crippen molar-refractivity contribution in [2.24, 2.45) is 5.92 Å². The largest absolute Gasteiger partial charge is 0.481 e. The van der Waals surface area contributed by atoms with E-state index in [-0.39, 0.29) is 12.1 Å². The lowest BCUT2D eigenvalue weighted by Gasteiger charge is -2.22. The summed E-state index contributed by atoms with van der Waals surface area (Å²) < 4.78 is 5.06. The lowest BCUT2D eigenvalue weighted by molar-refractivity contribution is -0.384. The summed E-state index contributed by atoms with van der Waals surface area (Å²) in [6.45, 7) is 4.91. The van der Waals surface area contributed by atoms with Gasteiger partial charge in [-0.25, -0.2) is 0 Å². The number of benzene rings is 1. The third kappa shape index (κ3) is 5.21. The topological polar surface area (TPSA) is 107 Å². The summed E-state index contributed by atoms with van der Waals surface area (Å²) in [6.07, 6.45) is -0.161. The maximum absolute atomic E-state index is 11.9. The van der Waals surface area contributed by atoms with Crippen LogP contribution in [0.2, 0.25) is 0 Å². The lowest BCUT2D eigenvalue weighted by atomic mass is 9.99.